The van der Waals surface area contributed by atoms with Crippen LogP contribution in [-0.2, 0) is 6.54 Å². The molecule has 0 aliphatic carbocycles. The maximum absolute atomic E-state index is 5.31. The van der Waals surface area contributed by atoms with Crippen LogP contribution >= 0.6 is 0 Å². The lowest BCUT2D eigenvalue weighted by molar-refractivity contribution is 0.248. The van der Waals surface area contributed by atoms with Crippen LogP contribution < -0.4 is 15.0 Å². The number of aryl methyl sites for hydroxylation is 1. The van der Waals surface area contributed by atoms with Crippen molar-refractivity contribution in [3.63, 3.8) is 0 Å². The first-order valence-corrected chi connectivity index (χ1v) is 8.87. The van der Waals surface area contributed by atoms with E-state index in [0.717, 1.165) is 62.5 Å². The van der Waals surface area contributed by atoms with E-state index in [2.05, 4.69) is 44.1 Å². The summed E-state index contributed by atoms with van der Waals surface area (Å²) in [7, 11) is 1.71. The van der Waals surface area contributed by atoms with Gasteiger partial charge in [0.05, 0.1) is 7.11 Å². The predicted octanol–water partition coefficient (Wildman–Crippen LogP) is 2.55. The van der Waals surface area contributed by atoms with Crippen LogP contribution in [0.15, 0.2) is 30.3 Å². The molecule has 6 nitrogen and oxygen atoms in total. The minimum atomic E-state index is 0.831. The second-order valence-electron chi connectivity index (χ2n) is 6.34. The minimum absolute atomic E-state index is 0.831. The summed E-state index contributed by atoms with van der Waals surface area (Å²) in [5, 5.41) is 3.28. The van der Waals surface area contributed by atoms with Gasteiger partial charge in [0, 0.05) is 51.0 Å². The van der Waals surface area contributed by atoms with Gasteiger partial charge < -0.3 is 15.0 Å². The van der Waals surface area contributed by atoms with Gasteiger partial charge in [0.25, 0.3) is 0 Å². The molecule has 0 unspecified atom stereocenters. The van der Waals surface area contributed by atoms with E-state index in [0.29, 0.717) is 0 Å². The van der Waals surface area contributed by atoms with Crippen molar-refractivity contribution in [3.05, 3.63) is 41.6 Å². The van der Waals surface area contributed by atoms with Gasteiger partial charge in [0.2, 0.25) is 5.95 Å². The summed E-state index contributed by atoms with van der Waals surface area (Å²) in [6, 6.07) is 10.3. The van der Waals surface area contributed by atoms with Crippen LogP contribution in [0.2, 0.25) is 0 Å². The molecule has 0 atom stereocenters. The molecule has 0 saturated carbocycles. The maximum atomic E-state index is 5.31. The quantitative estimate of drug-likeness (QED) is 0.871. The Labute approximate surface area is 149 Å². The largest absolute Gasteiger partial charge is 0.497 e. The Morgan fingerprint density at radius 3 is 2.64 bits per heavy atom. The van der Waals surface area contributed by atoms with Crippen molar-refractivity contribution in [2.75, 3.05) is 50.1 Å². The number of hydrogen-bond donors (Lipinski definition) is 1. The van der Waals surface area contributed by atoms with Crippen molar-refractivity contribution in [2.45, 2.75) is 20.4 Å². The summed E-state index contributed by atoms with van der Waals surface area (Å²) in [5.74, 6) is 2.65. The number of anilines is 2. The summed E-state index contributed by atoms with van der Waals surface area (Å²) in [4.78, 5) is 14.0. The molecule has 1 aliphatic rings. The fourth-order valence-corrected chi connectivity index (χ4v) is 3.10. The van der Waals surface area contributed by atoms with Crippen LogP contribution in [0.1, 0.15) is 18.2 Å². The summed E-state index contributed by atoms with van der Waals surface area (Å²) in [6.07, 6.45) is 0. The predicted molar refractivity (Wildman–Crippen MR) is 101 cm³/mol. The standard InChI is InChI=1S/C19H27N5O/c1-4-20-18-12-15(2)21-19(22-18)24-10-8-23(9-11-24)14-16-6-5-7-17(13-16)25-3/h5-7,12-13H,4,8-11,14H2,1-3H3,(H,20,21,22). The van der Waals surface area contributed by atoms with Crippen molar-refractivity contribution >= 4 is 11.8 Å². The summed E-state index contributed by atoms with van der Waals surface area (Å²) in [6.45, 7) is 9.81. The topological polar surface area (TPSA) is 53.5 Å². The number of benzene rings is 1. The fraction of sp³-hybridized carbons (Fsp3) is 0.474. The Balaban J connectivity index is 1.60. The Bertz CT molecular complexity index is 698. The van der Waals surface area contributed by atoms with Crippen molar-refractivity contribution in [2.24, 2.45) is 0 Å². The van der Waals surface area contributed by atoms with E-state index in [1.807, 2.05) is 25.1 Å². The smallest absolute Gasteiger partial charge is 0.227 e. The van der Waals surface area contributed by atoms with Crippen molar-refractivity contribution in [1.29, 1.82) is 0 Å². The first-order chi connectivity index (χ1) is 12.2. The van der Waals surface area contributed by atoms with E-state index in [9.17, 15) is 0 Å². The third kappa shape index (κ3) is 4.60. The highest BCUT2D eigenvalue weighted by Gasteiger charge is 2.19. The number of piperazine rings is 1. The van der Waals surface area contributed by atoms with Gasteiger partial charge in [-0.2, -0.15) is 4.98 Å². The van der Waals surface area contributed by atoms with E-state index >= 15 is 0 Å². The summed E-state index contributed by atoms with van der Waals surface area (Å²) in [5.41, 5.74) is 2.29. The van der Waals surface area contributed by atoms with E-state index in [-0.39, 0.29) is 0 Å². The Kier molecular flexibility index (Phi) is 5.71. The van der Waals surface area contributed by atoms with Gasteiger partial charge >= 0.3 is 0 Å². The number of methoxy groups -OCH3 is 1. The maximum Gasteiger partial charge on any atom is 0.227 e. The van der Waals surface area contributed by atoms with E-state index in [1.54, 1.807) is 7.11 Å². The lowest BCUT2D eigenvalue weighted by Gasteiger charge is -2.35. The monoisotopic (exact) mass is 341 g/mol. The molecule has 2 heterocycles. The number of nitrogens with one attached hydrogen (secondary N) is 1. The average Bonchev–Trinajstić information content (AvgIpc) is 2.62. The molecular formula is C19H27N5O. The van der Waals surface area contributed by atoms with E-state index < -0.39 is 0 Å². The number of ether oxygens (including phenoxy) is 1. The zero-order chi connectivity index (χ0) is 17.6. The van der Waals surface area contributed by atoms with Gasteiger partial charge in [-0.15, -0.1) is 0 Å². The van der Waals surface area contributed by atoms with Gasteiger partial charge in [-0.3, -0.25) is 4.90 Å². The molecule has 1 N–H and O–H groups in total. The van der Waals surface area contributed by atoms with Crippen LogP contribution in [0.5, 0.6) is 5.75 Å². The molecule has 0 radical (unpaired) electrons. The normalized spacial score (nSPS) is 15.2. The minimum Gasteiger partial charge on any atom is -0.497 e. The number of rotatable bonds is 6. The second kappa shape index (κ2) is 8.16. The van der Waals surface area contributed by atoms with Gasteiger partial charge in [-0.05, 0) is 31.5 Å². The average molecular weight is 341 g/mol. The Morgan fingerprint density at radius 1 is 1.12 bits per heavy atom. The number of nitrogens with zero attached hydrogens (tertiary/aromatic N) is 4. The molecule has 1 saturated heterocycles. The molecule has 25 heavy (non-hydrogen) atoms. The van der Waals surface area contributed by atoms with Crippen molar-refractivity contribution < 1.29 is 4.74 Å². The molecule has 134 valence electrons. The molecule has 1 aliphatic heterocycles. The van der Waals surface area contributed by atoms with E-state index in [4.69, 9.17) is 4.74 Å². The fourth-order valence-electron chi connectivity index (χ4n) is 3.10. The van der Waals surface area contributed by atoms with Crippen molar-refractivity contribution in [3.8, 4) is 5.75 Å². The molecule has 1 fully saturated rings. The Morgan fingerprint density at radius 2 is 1.92 bits per heavy atom. The highest BCUT2D eigenvalue weighted by atomic mass is 16.5. The molecule has 2 aromatic rings. The molecule has 1 aromatic heterocycles. The molecule has 1 aromatic carbocycles. The highest BCUT2D eigenvalue weighted by Crippen LogP contribution is 2.18. The second-order valence-corrected chi connectivity index (χ2v) is 6.34. The first kappa shape index (κ1) is 17.5. The number of hydrogen-bond acceptors (Lipinski definition) is 6. The van der Waals surface area contributed by atoms with Gasteiger partial charge in [0.1, 0.15) is 11.6 Å². The molecule has 0 amide bonds. The molecular weight excluding hydrogens is 314 g/mol. The van der Waals surface area contributed by atoms with Gasteiger partial charge in [-0.1, -0.05) is 12.1 Å². The van der Waals surface area contributed by atoms with Crippen LogP contribution in [0.25, 0.3) is 0 Å². The van der Waals surface area contributed by atoms with Gasteiger partial charge in [0.15, 0.2) is 0 Å². The van der Waals surface area contributed by atoms with Crippen LogP contribution in [0, 0.1) is 6.92 Å². The number of aromatic nitrogens is 2. The lowest BCUT2D eigenvalue weighted by atomic mass is 10.2. The zero-order valence-electron chi connectivity index (χ0n) is 15.3. The van der Waals surface area contributed by atoms with Gasteiger partial charge in [-0.25, -0.2) is 4.98 Å². The third-order valence-corrected chi connectivity index (χ3v) is 4.40. The summed E-state index contributed by atoms with van der Waals surface area (Å²) >= 11 is 0. The molecule has 3 rings (SSSR count). The highest BCUT2D eigenvalue weighted by molar-refractivity contribution is 5.43. The molecule has 0 bridgehead atoms. The zero-order valence-corrected chi connectivity index (χ0v) is 15.3. The third-order valence-electron chi connectivity index (χ3n) is 4.40. The van der Waals surface area contributed by atoms with Crippen molar-refractivity contribution in [1.82, 2.24) is 14.9 Å². The van der Waals surface area contributed by atoms with Crippen LogP contribution in [0.3, 0.4) is 0 Å². The van der Waals surface area contributed by atoms with E-state index in [1.165, 1.54) is 5.56 Å². The summed E-state index contributed by atoms with van der Waals surface area (Å²) < 4.78 is 5.31. The SMILES string of the molecule is CCNc1cc(C)nc(N2CCN(Cc3cccc(OC)c3)CC2)n1. The van der Waals surface area contributed by atoms with Crippen LogP contribution in [0.4, 0.5) is 11.8 Å². The molecule has 6 heteroatoms. The Hall–Kier alpha value is -2.34. The molecule has 0 spiro atoms. The first-order valence-electron chi connectivity index (χ1n) is 8.87. The lowest BCUT2D eigenvalue weighted by Crippen LogP contribution is -2.46. The van der Waals surface area contributed by atoms with Crippen LogP contribution in [-0.4, -0.2) is 54.7 Å².